The molecule has 1 aliphatic heterocycles. The average molecular weight is 302 g/mol. The lowest BCUT2D eigenvalue weighted by Gasteiger charge is -2.26. The first-order chi connectivity index (χ1) is 10.2. The van der Waals surface area contributed by atoms with Crippen LogP contribution in [0.25, 0.3) is 0 Å². The van der Waals surface area contributed by atoms with Crippen LogP contribution >= 0.6 is 11.8 Å². The Hall–Kier alpha value is -2.14. The van der Waals surface area contributed by atoms with Crippen molar-refractivity contribution in [1.29, 1.82) is 0 Å². The van der Waals surface area contributed by atoms with Crippen LogP contribution in [0.4, 0.5) is 0 Å². The second-order valence-electron chi connectivity index (χ2n) is 4.64. The smallest absolute Gasteiger partial charge is 0.335 e. The van der Waals surface area contributed by atoms with Crippen LogP contribution in [0.1, 0.15) is 10.4 Å². The highest BCUT2D eigenvalue weighted by Crippen LogP contribution is 2.32. The van der Waals surface area contributed by atoms with Crippen LogP contribution in [0.2, 0.25) is 0 Å². The van der Waals surface area contributed by atoms with Crippen molar-refractivity contribution in [2.75, 3.05) is 12.4 Å². The van der Waals surface area contributed by atoms with Crippen molar-refractivity contribution in [2.24, 2.45) is 0 Å². The second kappa shape index (κ2) is 6.10. The molecule has 0 spiro atoms. The zero-order valence-electron chi connectivity index (χ0n) is 11.2. The van der Waals surface area contributed by atoms with E-state index in [9.17, 15) is 4.79 Å². The zero-order valence-corrected chi connectivity index (χ0v) is 12.0. The number of hydrogen-bond acceptors (Lipinski definition) is 4. The molecule has 1 unspecified atom stereocenters. The van der Waals surface area contributed by atoms with Gasteiger partial charge >= 0.3 is 5.97 Å². The van der Waals surface area contributed by atoms with Crippen LogP contribution in [0.15, 0.2) is 53.4 Å². The molecule has 0 saturated carbocycles. The molecule has 0 saturated heterocycles. The van der Waals surface area contributed by atoms with Crippen molar-refractivity contribution in [1.82, 2.24) is 0 Å². The van der Waals surface area contributed by atoms with Crippen LogP contribution in [0.5, 0.6) is 11.5 Å². The minimum Gasteiger partial charge on any atom is -0.486 e. The number of carboxylic acid groups (broad SMARTS) is 1. The van der Waals surface area contributed by atoms with Gasteiger partial charge in [0.05, 0.1) is 5.56 Å². The van der Waals surface area contributed by atoms with E-state index in [4.69, 9.17) is 14.6 Å². The summed E-state index contributed by atoms with van der Waals surface area (Å²) in [4.78, 5) is 11.9. The number of para-hydroxylation sites is 2. The number of carboxylic acids is 1. The van der Waals surface area contributed by atoms with Gasteiger partial charge in [-0.15, -0.1) is 11.8 Å². The molecule has 0 amide bonds. The molecule has 2 aromatic carbocycles. The molecule has 1 heterocycles. The summed E-state index contributed by atoms with van der Waals surface area (Å²) in [7, 11) is 0. The van der Waals surface area contributed by atoms with Gasteiger partial charge in [0.25, 0.3) is 0 Å². The normalized spacial score (nSPS) is 16.5. The van der Waals surface area contributed by atoms with E-state index < -0.39 is 5.97 Å². The Morgan fingerprint density at radius 1 is 1.19 bits per heavy atom. The molecule has 0 bridgehead atoms. The summed E-state index contributed by atoms with van der Waals surface area (Å²) in [5.74, 6) is 1.32. The largest absolute Gasteiger partial charge is 0.486 e. The van der Waals surface area contributed by atoms with Gasteiger partial charge in [0.15, 0.2) is 11.5 Å². The topological polar surface area (TPSA) is 55.8 Å². The molecule has 2 aromatic rings. The third-order valence-electron chi connectivity index (χ3n) is 3.08. The summed E-state index contributed by atoms with van der Waals surface area (Å²) in [6.45, 7) is 0.503. The number of carbonyl (C=O) groups is 1. The van der Waals surface area contributed by atoms with Gasteiger partial charge in [0.1, 0.15) is 12.7 Å². The van der Waals surface area contributed by atoms with Crippen LogP contribution in [-0.4, -0.2) is 29.5 Å². The van der Waals surface area contributed by atoms with Gasteiger partial charge in [-0.25, -0.2) is 4.79 Å². The Balaban J connectivity index is 1.61. The van der Waals surface area contributed by atoms with E-state index in [2.05, 4.69) is 0 Å². The Labute approximate surface area is 126 Å². The maximum Gasteiger partial charge on any atom is 0.335 e. The molecule has 0 radical (unpaired) electrons. The maximum atomic E-state index is 10.9. The van der Waals surface area contributed by atoms with Crippen molar-refractivity contribution in [3.05, 3.63) is 54.1 Å². The SMILES string of the molecule is O=C(O)c1cccc(SCC2COc3ccccc3O2)c1. The van der Waals surface area contributed by atoms with Gasteiger partial charge in [-0.05, 0) is 30.3 Å². The third-order valence-corrected chi connectivity index (χ3v) is 4.21. The van der Waals surface area contributed by atoms with E-state index in [0.29, 0.717) is 17.9 Å². The van der Waals surface area contributed by atoms with Gasteiger partial charge in [0, 0.05) is 10.6 Å². The van der Waals surface area contributed by atoms with Crippen LogP contribution in [0.3, 0.4) is 0 Å². The fourth-order valence-electron chi connectivity index (χ4n) is 2.05. The Kier molecular flexibility index (Phi) is 4.01. The molecule has 1 aliphatic rings. The molecule has 1 N–H and O–H groups in total. The molecule has 0 aliphatic carbocycles. The number of ether oxygens (including phenoxy) is 2. The van der Waals surface area contributed by atoms with Gasteiger partial charge in [-0.2, -0.15) is 0 Å². The van der Waals surface area contributed by atoms with Crippen LogP contribution in [0, 0.1) is 0 Å². The number of fused-ring (bicyclic) bond motifs is 1. The average Bonchev–Trinajstić information content (AvgIpc) is 2.53. The predicted octanol–water partition coefficient (Wildman–Crippen LogP) is 3.32. The van der Waals surface area contributed by atoms with Crippen molar-refractivity contribution < 1.29 is 19.4 Å². The van der Waals surface area contributed by atoms with Crippen molar-refractivity contribution >= 4 is 17.7 Å². The first-order valence-electron chi connectivity index (χ1n) is 6.57. The van der Waals surface area contributed by atoms with Gasteiger partial charge in [-0.1, -0.05) is 18.2 Å². The Morgan fingerprint density at radius 3 is 2.81 bits per heavy atom. The molecule has 21 heavy (non-hydrogen) atoms. The lowest BCUT2D eigenvalue weighted by molar-refractivity contribution is 0.0696. The molecule has 108 valence electrons. The quantitative estimate of drug-likeness (QED) is 0.878. The molecule has 4 nitrogen and oxygen atoms in total. The maximum absolute atomic E-state index is 10.9. The van der Waals surface area contributed by atoms with E-state index >= 15 is 0 Å². The summed E-state index contributed by atoms with van der Waals surface area (Å²) < 4.78 is 11.5. The fraction of sp³-hybridized carbons (Fsp3) is 0.188. The van der Waals surface area contributed by atoms with Crippen molar-refractivity contribution in [2.45, 2.75) is 11.0 Å². The molecule has 1 atom stereocenters. The number of hydrogen-bond donors (Lipinski definition) is 1. The van der Waals surface area contributed by atoms with Gasteiger partial charge < -0.3 is 14.6 Å². The summed E-state index contributed by atoms with van der Waals surface area (Å²) in [6.07, 6.45) is -0.0432. The first-order valence-corrected chi connectivity index (χ1v) is 7.55. The number of thioether (sulfide) groups is 1. The second-order valence-corrected chi connectivity index (χ2v) is 5.74. The van der Waals surface area contributed by atoms with E-state index in [1.54, 1.807) is 30.0 Å². The molecule has 3 rings (SSSR count). The highest BCUT2D eigenvalue weighted by Gasteiger charge is 2.20. The Bertz CT molecular complexity index is 656. The molecular weight excluding hydrogens is 288 g/mol. The molecular formula is C16H14O4S. The summed E-state index contributed by atoms with van der Waals surface area (Å²) in [5, 5.41) is 8.98. The van der Waals surface area contributed by atoms with E-state index in [0.717, 1.165) is 16.4 Å². The first kappa shape index (κ1) is 13.8. The lowest BCUT2D eigenvalue weighted by Crippen LogP contribution is -2.31. The monoisotopic (exact) mass is 302 g/mol. The minimum atomic E-state index is -0.913. The third kappa shape index (κ3) is 3.31. The zero-order chi connectivity index (χ0) is 14.7. The van der Waals surface area contributed by atoms with Crippen molar-refractivity contribution in [3.8, 4) is 11.5 Å². The highest BCUT2D eigenvalue weighted by molar-refractivity contribution is 7.99. The van der Waals surface area contributed by atoms with Gasteiger partial charge in [0.2, 0.25) is 0 Å². The van der Waals surface area contributed by atoms with Gasteiger partial charge in [-0.3, -0.25) is 0 Å². The molecule has 5 heteroatoms. The van der Waals surface area contributed by atoms with E-state index in [1.165, 1.54) is 0 Å². The summed E-state index contributed by atoms with van der Waals surface area (Å²) in [5.41, 5.74) is 0.297. The summed E-state index contributed by atoms with van der Waals surface area (Å²) >= 11 is 1.56. The number of rotatable bonds is 4. The minimum absolute atomic E-state index is 0.0432. The number of aromatic carboxylic acids is 1. The van der Waals surface area contributed by atoms with Crippen LogP contribution < -0.4 is 9.47 Å². The van der Waals surface area contributed by atoms with E-state index in [1.807, 2.05) is 30.3 Å². The summed E-state index contributed by atoms with van der Waals surface area (Å²) in [6, 6.07) is 14.5. The molecule has 0 fully saturated rings. The van der Waals surface area contributed by atoms with Crippen LogP contribution in [-0.2, 0) is 0 Å². The number of benzene rings is 2. The van der Waals surface area contributed by atoms with E-state index in [-0.39, 0.29) is 6.10 Å². The van der Waals surface area contributed by atoms with Crippen molar-refractivity contribution in [3.63, 3.8) is 0 Å². The lowest BCUT2D eigenvalue weighted by atomic mass is 10.2. The Morgan fingerprint density at radius 2 is 2.00 bits per heavy atom. The standard InChI is InChI=1S/C16H14O4S/c17-16(18)11-4-3-5-13(8-11)21-10-12-9-19-14-6-1-2-7-15(14)20-12/h1-8,12H,9-10H2,(H,17,18). The fourth-order valence-corrected chi connectivity index (χ4v) is 2.98. The highest BCUT2D eigenvalue weighted by atomic mass is 32.2. The molecule has 0 aromatic heterocycles. The predicted molar refractivity (Wildman–Crippen MR) is 80.5 cm³/mol.